The number of nitrogen functional groups attached to an aromatic ring is 1. The zero-order chi connectivity index (χ0) is 20.3. The second-order valence-electron chi connectivity index (χ2n) is 5.97. The summed E-state index contributed by atoms with van der Waals surface area (Å²) in [6, 6.07) is 11.8. The first kappa shape index (κ1) is 19.4. The summed E-state index contributed by atoms with van der Waals surface area (Å²) >= 11 is 0. The number of sulfonamides is 1. The number of benzene rings is 2. The van der Waals surface area contributed by atoms with Crippen molar-refractivity contribution < 1.29 is 13.2 Å². The largest absolute Gasteiger partial charge is 0.495 e. The van der Waals surface area contributed by atoms with Crippen molar-refractivity contribution in [3.05, 3.63) is 54.2 Å². The third-order valence-corrected chi connectivity index (χ3v) is 4.92. The first-order valence-corrected chi connectivity index (χ1v) is 9.75. The van der Waals surface area contributed by atoms with Gasteiger partial charge >= 0.3 is 0 Å². The molecule has 1 aromatic heterocycles. The summed E-state index contributed by atoms with van der Waals surface area (Å²) in [5.41, 5.74) is 8.46. The average molecular weight is 400 g/mol. The number of hydrogen-bond donors (Lipinski definition) is 4. The van der Waals surface area contributed by atoms with Gasteiger partial charge in [-0.15, -0.1) is 0 Å². The Kier molecular flexibility index (Phi) is 5.34. The van der Waals surface area contributed by atoms with Gasteiger partial charge in [0.05, 0.1) is 12.8 Å². The van der Waals surface area contributed by atoms with Gasteiger partial charge in [0.2, 0.25) is 16.0 Å². The van der Waals surface area contributed by atoms with E-state index < -0.39 is 10.0 Å². The number of rotatable bonds is 6. The minimum Gasteiger partial charge on any atom is -0.495 e. The quantitative estimate of drug-likeness (QED) is 0.462. The molecule has 9 nitrogen and oxygen atoms in total. The third-order valence-electron chi connectivity index (χ3n) is 3.93. The molecule has 0 unspecified atom stereocenters. The number of hydrogen-bond acceptors (Lipinski definition) is 8. The molecule has 3 rings (SSSR count). The molecular formula is C18H20N6O3S. The van der Waals surface area contributed by atoms with Crippen LogP contribution in [0.15, 0.2) is 53.6 Å². The van der Waals surface area contributed by atoms with Gasteiger partial charge in [0.15, 0.2) is 0 Å². The highest BCUT2D eigenvalue weighted by Crippen LogP contribution is 2.32. The van der Waals surface area contributed by atoms with Crippen molar-refractivity contribution in [1.82, 2.24) is 9.97 Å². The molecule has 6 N–H and O–H groups in total. The summed E-state index contributed by atoms with van der Waals surface area (Å²) in [5.74, 6) is 0.842. The number of nitrogens with two attached hydrogens (primary N) is 2. The fourth-order valence-electron chi connectivity index (χ4n) is 2.58. The molecule has 0 aliphatic carbocycles. The minimum absolute atomic E-state index is 0.136. The topological polar surface area (TPSA) is 145 Å². The summed E-state index contributed by atoms with van der Waals surface area (Å²) in [6.45, 7) is 1.90. The van der Waals surface area contributed by atoms with E-state index in [1.165, 1.54) is 13.2 Å². The summed E-state index contributed by atoms with van der Waals surface area (Å²) in [5, 5.41) is 11.4. The second kappa shape index (κ2) is 7.71. The van der Waals surface area contributed by atoms with Gasteiger partial charge in [0.1, 0.15) is 16.5 Å². The molecule has 0 bridgehead atoms. The molecule has 28 heavy (non-hydrogen) atoms. The number of primary sulfonamides is 1. The number of aryl methyl sites for hydroxylation is 1. The van der Waals surface area contributed by atoms with Crippen molar-refractivity contribution in [3.8, 4) is 5.75 Å². The summed E-state index contributed by atoms with van der Waals surface area (Å²) in [6.07, 6.45) is 1.54. The van der Waals surface area contributed by atoms with Gasteiger partial charge in [-0.1, -0.05) is 6.07 Å². The lowest BCUT2D eigenvalue weighted by Gasteiger charge is -2.14. The maximum atomic E-state index is 12.0. The molecule has 0 atom stereocenters. The summed E-state index contributed by atoms with van der Waals surface area (Å²) < 4.78 is 29.1. The molecule has 0 aliphatic rings. The fourth-order valence-corrected chi connectivity index (χ4v) is 3.43. The smallest absolute Gasteiger partial charge is 0.243 e. The van der Waals surface area contributed by atoms with E-state index in [-0.39, 0.29) is 16.3 Å². The zero-order valence-corrected chi connectivity index (χ0v) is 16.1. The second-order valence-corrected chi connectivity index (χ2v) is 7.47. The molecule has 146 valence electrons. The third kappa shape index (κ3) is 4.30. The van der Waals surface area contributed by atoms with E-state index in [9.17, 15) is 8.42 Å². The highest BCUT2D eigenvalue weighted by molar-refractivity contribution is 7.89. The molecule has 0 fully saturated rings. The van der Waals surface area contributed by atoms with E-state index >= 15 is 0 Å². The number of methoxy groups -OCH3 is 1. The predicted octanol–water partition coefficient (Wildman–Crippen LogP) is 2.51. The van der Waals surface area contributed by atoms with Gasteiger partial charge in [-0.25, -0.2) is 18.5 Å². The van der Waals surface area contributed by atoms with Gasteiger partial charge in [-0.2, -0.15) is 4.98 Å². The first-order valence-electron chi connectivity index (χ1n) is 8.21. The van der Waals surface area contributed by atoms with Crippen LogP contribution in [0.2, 0.25) is 0 Å². The molecule has 0 saturated heterocycles. The molecule has 0 spiro atoms. The molecule has 0 aliphatic heterocycles. The van der Waals surface area contributed by atoms with Crippen LogP contribution in [-0.4, -0.2) is 25.5 Å². The predicted molar refractivity (Wildman–Crippen MR) is 109 cm³/mol. The van der Waals surface area contributed by atoms with Crippen LogP contribution in [0.5, 0.6) is 5.75 Å². The first-order chi connectivity index (χ1) is 13.3. The van der Waals surface area contributed by atoms with Crippen molar-refractivity contribution in [1.29, 1.82) is 0 Å². The average Bonchev–Trinajstić information content (AvgIpc) is 2.64. The Morgan fingerprint density at radius 1 is 1.11 bits per heavy atom. The highest BCUT2D eigenvalue weighted by atomic mass is 32.2. The van der Waals surface area contributed by atoms with Crippen LogP contribution < -0.4 is 26.2 Å². The van der Waals surface area contributed by atoms with Gasteiger partial charge in [0, 0.05) is 17.6 Å². The monoisotopic (exact) mass is 400 g/mol. The molecule has 0 radical (unpaired) electrons. The van der Waals surface area contributed by atoms with Crippen LogP contribution in [0.25, 0.3) is 0 Å². The standard InChI is InChI=1S/C18H20N6O3S/c1-11-10-12(6-7-13(11)19)22-18-21-9-8-16(24-18)23-14-4-3-5-15(27-2)17(14)28(20,25)26/h3-10H,19H2,1-2H3,(H2,20,25,26)(H2,21,22,23,24). The Morgan fingerprint density at radius 3 is 2.57 bits per heavy atom. The maximum Gasteiger partial charge on any atom is 0.243 e. The van der Waals surface area contributed by atoms with E-state index in [2.05, 4.69) is 20.6 Å². The Hall–Kier alpha value is -3.37. The molecule has 0 saturated carbocycles. The molecule has 2 aromatic carbocycles. The van der Waals surface area contributed by atoms with Crippen LogP contribution >= 0.6 is 0 Å². The Bertz CT molecular complexity index is 1120. The van der Waals surface area contributed by atoms with Crippen molar-refractivity contribution in [2.75, 3.05) is 23.5 Å². The van der Waals surface area contributed by atoms with Crippen molar-refractivity contribution in [3.63, 3.8) is 0 Å². The van der Waals surface area contributed by atoms with E-state index in [0.29, 0.717) is 17.5 Å². The van der Waals surface area contributed by atoms with Crippen molar-refractivity contribution >= 4 is 38.9 Å². The fraction of sp³-hybridized carbons (Fsp3) is 0.111. The lowest BCUT2D eigenvalue weighted by atomic mass is 10.2. The number of nitrogens with one attached hydrogen (secondary N) is 2. The van der Waals surface area contributed by atoms with E-state index in [1.807, 2.05) is 19.1 Å². The molecular weight excluding hydrogens is 380 g/mol. The maximum absolute atomic E-state index is 12.0. The Balaban J connectivity index is 1.91. The van der Waals surface area contributed by atoms with E-state index in [1.54, 1.807) is 30.5 Å². The Labute approximate surface area is 162 Å². The van der Waals surface area contributed by atoms with Crippen LogP contribution in [0.3, 0.4) is 0 Å². The lowest BCUT2D eigenvalue weighted by Crippen LogP contribution is -2.15. The van der Waals surface area contributed by atoms with E-state index in [0.717, 1.165) is 11.3 Å². The zero-order valence-electron chi connectivity index (χ0n) is 15.3. The van der Waals surface area contributed by atoms with Crippen LogP contribution in [-0.2, 0) is 10.0 Å². The van der Waals surface area contributed by atoms with Crippen molar-refractivity contribution in [2.24, 2.45) is 5.14 Å². The van der Waals surface area contributed by atoms with E-state index in [4.69, 9.17) is 15.6 Å². The van der Waals surface area contributed by atoms with Gasteiger partial charge in [-0.05, 0) is 48.9 Å². The minimum atomic E-state index is -4.02. The van der Waals surface area contributed by atoms with Gasteiger partial charge in [0.25, 0.3) is 0 Å². The number of ether oxygens (including phenoxy) is 1. The van der Waals surface area contributed by atoms with Crippen LogP contribution in [0, 0.1) is 6.92 Å². The van der Waals surface area contributed by atoms with Crippen molar-refractivity contribution in [2.45, 2.75) is 11.8 Å². The molecule has 0 amide bonds. The normalized spacial score (nSPS) is 11.1. The number of nitrogens with zero attached hydrogens (tertiary/aromatic N) is 2. The van der Waals surface area contributed by atoms with Crippen LogP contribution in [0.4, 0.5) is 28.8 Å². The Morgan fingerprint density at radius 2 is 1.89 bits per heavy atom. The van der Waals surface area contributed by atoms with Gasteiger partial charge < -0.3 is 21.1 Å². The van der Waals surface area contributed by atoms with Gasteiger partial charge in [-0.3, -0.25) is 0 Å². The summed E-state index contributed by atoms with van der Waals surface area (Å²) in [7, 11) is -2.65. The van der Waals surface area contributed by atoms with Crippen LogP contribution in [0.1, 0.15) is 5.56 Å². The molecule has 10 heteroatoms. The summed E-state index contributed by atoms with van der Waals surface area (Å²) in [4.78, 5) is 8.37. The molecule has 1 heterocycles. The number of aromatic nitrogens is 2. The molecule has 3 aromatic rings. The lowest BCUT2D eigenvalue weighted by molar-refractivity contribution is 0.403. The highest BCUT2D eigenvalue weighted by Gasteiger charge is 2.20. The number of anilines is 5. The SMILES string of the molecule is COc1cccc(Nc2ccnc(Nc3ccc(N)c(C)c3)n2)c1S(N)(=O)=O.